The minimum atomic E-state index is -0.506. The van der Waals surface area contributed by atoms with Crippen LogP contribution in [0.1, 0.15) is 26.7 Å². The van der Waals surface area contributed by atoms with Gasteiger partial charge < -0.3 is 15.2 Å². The van der Waals surface area contributed by atoms with Crippen molar-refractivity contribution < 1.29 is 14.6 Å². The lowest BCUT2D eigenvalue weighted by molar-refractivity contribution is -0.121. The number of nitrogens with one attached hydrogen (secondary N) is 1. The number of ether oxygens (including phenoxy) is 1. The van der Waals surface area contributed by atoms with E-state index in [2.05, 4.69) is 10.2 Å². The number of carbonyl (C=O) groups excluding carboxylic acids is 1. The topological polar surface area (TPSA) is 61.8 Å². The van der Waals surface area contributed by atoms with Gasteiger partial charge in [-0.15, -0.1) is 0 Å². The predicted molar refractivity (Wildman–Crippen MR) is 91.3 cm³/mol. The first-order chi connectivity index (χ1) is 11.0. The van der Waals surface area contributed by atoms with Crippen LogP contribution in [0.15, 0.2) is 30.3 Å². The number of β-amino-alcohol motifs (C(OH)–C–C–N with tert-alkyl or cyclic N) is 1. The van der Waals surface area contributed by atoms with Gasteiger partial charge in [0.2, 0.25) is 5.91 Å². The van der Waals surface area contributed by atoms with Crippen LogP contribution in [0.25, 0.3) is 0 Å². The maximum atomic E-state index is 12.4. The number of likely N-dealkylation sites (tertiary alicyclic amines) is 1. The largest absolute Gasteiger partial charge is 0.389 e. The molecule has 2 atom stereocenters. The summed E-state index contributed by atoms with van der Waals surface area (Å²) in [5.41, 5.74) is 0.833. The number of amides is 1. The highest BCUT2D eigenvalue weighted by molar-refractivity contribution is 5.92. The first-order valence-corrected chi connectivity index (χ1v) is 8.42. The zero-order chi connectivity index (χ0) is 16.7. The Bertz CT molecular complexity index is 478. The number of aliphatic hydroxyl groups excluding tert-OH is 1. The quantitative estimate of drug-likeness (QED) is 0.808. The lowest BCUT2D eigenvalue weighted by Crippen LogP contribution is -2.44. The van der Waals surface area contributed by atoms with Crippen LogP contribution >= 0.6 is 0 Å². The smallest absolute Gasteiger partial charge is 0.228 e. The minimum Gasteiger partial charge on any atom is -0.389 e. The Morgan fingerprint density at radius 2 is 2.13 bits per heavy atom. The summed E-state index contributed by atoms with van der Waals surface area (Å²) < 4.78 is 5.44. The lowest BCUT2D eigenvalue weighted by atomic mass is 9.96. The summed E-state index contributed by atoms with van der Waals surface area (Å²) in [6.45, 7) is 6.43. The Morgan fingerprint density at radius 1 is 1.39 bits per heavy atom. The molecule has 1 heterocycles. The third kappa shape index (κ3) is 6.29. The molecule has 1 aliphatic heterocycles. The van der Waals surface area contributed by atoms with Crippen molar-refractivity contribution in [3.05, 3.63) is 30.3 Å². The number of nitrogens with zero attached hydrogens (tertiary/aromatic N) is 1. The summed E-state index contributed by atoms with van der Waals surface area (Å²) in [6.07, 6.45) is 1.49. The molecule has 0 saturated carbocycles. The summed E-state index contributed by atoms with van der Waals surface area (Å²) in [5.74, 6) is 0.0380. The second kappa shape index (κ2) is 9.01. The standard InChI is InChI=1S/C18H28N2O3/c1-14(2)23-13-17(21)12-20-10-6-7-15(11-20)18(22)19-16-8-4-3-5-9-16/h3-5,8-9,14-15,17,21H,6-7,10-13H2,1-2H3,(H,19,22). The number of hydrogen-bond acceptors (Lipinski definition) is 4. The highest BCUT2D eigenvalue weighted by Gasteiger charge is 2.27. The average Bonchev–Trinajstić information content (AvgIpc) is 2.54. The van der Waals surface area contributed by atoms with Crippen LogP contribution in [-0.2, 0) is 9.53 Å². The third-order valence-corrected chi connectivity index (χ3v) is 4.01. The molecule has 5 heteroatoms. The van der Waals surface area contributed by atoms with Crippen molar-refractivity contribution in [3.63, 3.8) is 0 Å². The molecule has 2 rings (SSSR count). The van der Waals surface area contributed by atoms with Crippen molar-refractivity contribution in [2.24, 2.45) is 5.92 Å². The molecule has 1 amide bonds. The van der Waals surface area contributed by atoms with E-state index >= 15 is 0 Å². The molecule has 23 heavy (non-hydrogen) atoms. The fourth-order valence-electron chi connectivity index (χ4n) is 2.86. The number of rotatable bonds is 7. The van der Waals surface area contributed by atoms with Crippen LogP contribution in [0.2, 0.25) is 0 Å². The van der Waals surface area contributed by atoms with E-state index in [1.165, 1.54) is 0 Å². The number of carbonyl (C=O) groups is 1. The SMILES string of the molecule is CC(C)OCC(O)CN1CCCC(C(=O)Nc2ccccc2)C1. The summed E-state index contributed by atoms with van der Waals surface area (Å²) in [7, 11) is 0. The van der Waals surface area contributed by atoms with Gasteiger partial charge in [-0.3, -0.25) is 9.69 Å². The Hall–Kier alpha value is -1.43. The first kappa shape index (κ1) is 17.9. The molecule has 128 valence electrons. The molecule has 0 radical (unpaired) electrons. The number of para-hydroxylation sites is 1. The van der Waals surface area contributed by atoms with Crippen LogP contribution in [0.3, 0.4) is 0 Å². The molecule has 2 N–H and O–H groups in total. The number of hydrogen-bond donors (Lipinski definition) is 2. The van der Waals surface area contributed by atoms with Gasteiger partial charge in [0, 0.05) is 18.8 Å². The summed E-state index contributed by atoms with van der Waals surface area (Å²) >= 11 is 0. The van der Waals surface area contributed by atoms with Gasteiger partial charge in [0.25, 0.3) is 0 Å². The van der Waals surface area contributed by atoms with E-state index in [-0.39, 0.29) is 17.9 Å². The van der Waals surface area contributed by atoms with Crippen LogP contribution in [0.5, 0.6) is 0 Å². The van der Waals surface area contributed by atoms with Crippen molar-refractivity contribution in [1.29, 1.82) is 0 Å². The third-order valence-electron chi connectivity index (χ3n) is 4.01. The zero-order valence-electron chi connectivity index (χ0n) is 14.1. The van der Waals surface area contributed by atoms with Crippen LogP contribution in [0.4, 0.5) is 5.69 Å². The van der Waals surface area contributed by atoms with Crippen LogP contribution in [0, 0.1) is 5.92 Å². The van der Waals surface area contributed by atoms with Gasteiger partial charge >= 0.3 is 0 Å². The van der Waals surface area contributed by atoms with Crippen LogP contribution < -0.4 is 5.32 Å². The van der Waals surface area contributed by atoms with Crippen LogP contribution in [-0.4, -0.2) is 54.4 Å². The van der Waals surface area contributed by atoms with Crippen molar-refractivity contribution in [2.75, 3.05) is 31.6 Å². The first-order valence-electron chi connectivity index (χ1n) is 8.42. The van der Waals surface area contributed by atoms with E-state index < -0.39 is 6.10 Å². The molecule has 0 bridgehead atoms. The lowest BCUT2D eigenvalue weighted by Gasteiger charge is -2.33. The average molecular weight is 320 g/mol. The van der Waals surface area contributed by atoms with Gasteiger partial charge in [0.1, 0.15) is 0 Å². The van der Waals surface area contributed by atoms with E-state index in [0.29, 0.717) is 19.7 Å². The van der Waals surface area contributed by atoms with Gasteiger partial charge in [0.05, 0.1) is 24.7 Å². The predicted octanol–water partition coefficient (Wildman–Crippen LogP) is 2.12. The fourth-order valence-corrected chi connectivity index (χ4v) is 2.86. The maximum Gasteiger partial charge on any atom is 0.228 e. The van der Waals surface area contributed by atoms with Crippen molar-refractivity contribution >= 4 is 11.6 Å². The molecule has 0 aliphatic carbocycles. The highest BCUT2D eigenvalue weighted by atomic mass is 16.5. The fraction of sp³-hybridized carbons (Fsp3) is 0.611. The normalized spacial score (nSPS) is 20.4. The zero-order valence-corrected chi connectivity index (χ0v) is 14.1. The Morgan fingerprint density at radius 3 is 2.83 bits per heavy atom. The molecule has 1 aliphatic rings. The molecule has 1 saturated heterocycles. The molecule has 1 aromatic carbocycles. The number of anilines is 1. The monoisotopic (exact) mass is 320 g/mol. The van der Waals surface area contributed by atoms with Gasteiger partial charge in [-0.2, -0.15) is 0 Å². The molecular weight excluding hydrogens is 292 g/mol. The number of aliphatic hydroxyl groups is 1. The minimum absolute atomic E-state index is 0.0258. The Labute approximate surface area is 138 Å². The van der Waals surface area contributed by atoms with E-state index in [0.717, 1.165) is 25.1 Å². The Balaban J connectivity index is 1.79. The van der Waals surface area contributed by atoms with E-state index in [1.807, 2.05) is 44.2 Å². The second-order valence-electron chi connectivity index (χ2n) is 6.49. The van der Waals surface area contributed by atoms with Gasteiger partial charge in [-0.05, 0) is 45.4 Å². The van der Waals surface area contributed by atoms with E-state index in [1.54, 1.807) is 0 Å². The summed E-state index contributed by atoms with van der Waals surface area (Å²) in [5, 5.41) is 13.0. The van der Waals surface area contributed by atoms with E-state index in [4.69, 9.17) is 4.74 Å². The highest BCUT2D eigenvalue weighted by Crippen LogP contribution is 2.19. The molecule has 0 aromatic heterocycles. The number of benzene rings is 1. The summed E-state index contributed by atoms with van der Waals surface area (Å²) in [6, 6.07) is 9.54. The summed E-state index contributed by atoms with van der Waals surface area (Å²) in [4.78, 5) is 14.5. The molecule has 0 spiro atoms. The van der Waals surface area contributed by atoms with Gasteiger partial charge in [-0.1, -0.05) is 18.2 Å². The van der Waals surface area contributed by atoms with Gasteiger partial charge in [0.15, 0.2) is 0 Å². The molecule has 5 nitrogen and oxygen atoms in total. The molecular formula is C18H28N2O3. The molecule has 1 aromatic rings. The Kier molecular flexibility index (Phi) is 7.02. The van der Waals surface area contributed by atoms with Crippen molar-refractivity contribution in [3.8, 4) is 0 Å². The second-order valence-corrected chi connectivity index (χ2v) is 6.49. The number of piperidine rings is 1. The van der Waals surface area contributed by atoms with Gasteiger partial charge in [-0.25, -0.2) is 0 Å². The van der Waals surface area contributed by atoms with Crippen molar-refractivity contribution in [1.82, 2.24) is 4.90 Å². The molecule has 2 unspecified atom stereocenters. The maximum absolute atomic E-state index is 12.4. The van der Waals surface area contributed by atoms with E-state index in [9.17, 15) is 9.90 Å². The molecule has 1 fully saturated rings. The van der Waals surface area contributed by atoms with Crippen molar-refractivity contribution in [2.45, 2.75) is 38.9 Å².